The molecule has 27 heavy (non-hydrogen) atoms. The number of rotatable bonds is 6. The lowest BCUT2D eigenvalue weighted by molar-refractivity contribution is -0.122. The minimum absolute atomic E-state index is 0.160. The van der Waals surface area contributed by atoms with E-state index in [1.807, 2.05) is 43.3 Å². The molecule has 0 radical (unpaired) electrons. The zero-order valence-corrected chi connectivity index (χ0v) is 16.8. The number of nitrogens with zero attached hydrogens (tertiary/aromatic N) is 1. The molecule has 1 aliphatic heterocycles. The van der Waals surface area contributed by atoms with Crippen LogP contribution in [-0.4, -0.2) is 35.0 Å². The van der Waals surface area contributed by atoms with Crippen LogP contribution in [0.15, 0.2) is 41.3 Å². The van der Waals surface area contributed by atoms with Gasteiger partial charge in [0.25, 0.3) is 17.1 Å². The number of benzene rings is 1. The van der Waals surface area contributed by atoms with Crippen molar-refractivity contribution in [3.8, 4) is 0 Å². The van der Waals surface area contributed by atoms with Crippen LogP contribution in [0.25, 0.3) is 6.08 Å². The summed E-state index contributed by atoms with van der Waals surface area (Å²) in [5.74, 6) is -0.488. The van der Waals surface area contributed by atoms with Gasteiger partial charge in [0.15, 0.2) is 0 Å². The van der Waals surface area contributed by atoms with Gasteiger partial charge >= 0.3 is 0 Å². The first kappa shape index (κ1) is 19.4. The molecule has 2 heterocycles. The van der Waals surface area contributed by atoms with Crippen molar-refractivity contribution in [2.45, 2.75) is 20.3 Å². The van der Waals surface area contributed by atoms with Gasteiger partial charge in [0.05, 0.1) is 9.78 Å². The molecule has 2 aromatic rings. The van der Waals surface area contributed by atoms with Crippen LogP contribution in [0.1, 0.15) is 32.6 Å². The van der Waals surface area contributed by atoms with E-state index in [2.05, 4.69) is 12.2 Å². The van der Waals surface area contributed by atoms with E-state index in [1.54, 1.807) is 6.08 Å². The highest BCUT2D eigenvalue weighted by Gasteiger charge is 2.34. The van der Waals surface area contributed by atoms with Crippen molar-refractivity contribution < 1.29 is 14.4 Å². The fourth-order valence-electron chi connectivity index (χ4n) is 2.74. The van der Waals surface area contributed by atoms with E-state index in [0.717, 1.165) is 29.3 Å². The zero-order valence-electron chi connectivity index (χ0n) is 15.2. The molecule has 1 aromatic carbocycles. The number of amides is 3. The zero-order chi connectivity index (χ0) is 19.4. The van der Waals surface area contributed by atoms with Crippen molar-refractivity contribution in [3.05, 3.63) is 62.2 Å². The Balaban J connectivity index is 1.58. The topological polar surface area (TPSA) is 66.5 Å². The third kappa shape index (κ3) is 4.48. The number of thioether (sulfide) groups is 1. The van der Waals surface area contributed by atoms with Gasteiger partial charge in [-0.05, 0) is 48.4 Å². The molecular formula is C20H20N2O3S2. The third-order valence-electron chi connectivity index (χ3n) is 4.16. The quantitative estimate of drug-likeness (QED) is 0.742. The smallest absolute Gasteiger partial charge is 0.293 e. The summed E-state index contributed by atoms with van der Waals surface area (Å²) in [5.41, 5.74) is 1.99. The van der Waals surface area contributed by atoms with Gasteiger partial charge in [0, 0.05) is 18.0 Å². The van der Waals surface area contributed by atoms with Gasteiger partial charge in [-0.3, -0.25) is 19.3 Å². The second-order valence-corrected chi connectivity index (χ2v) is 8.20. The Kier molecular flexibility index (Phi) is 6.13. The van der Waals surface area contributed by atoms with Gasteiger partial charge in [0.2, 0.25) is 0 Å². The lowest BCUT2D eigenvalue weighted by Crippen LogP contribution is -2.37. The number of thiophene rings is 1. The lowest BCUT2D eigenvalue weighted by Gasteiger charge is -2.12. The number of aryl methyl sites for hydroxylation is 2. The molecule has 3 rings (SSSR count). The Bertz CT molecular complexity index is 903. The Hall–Kier alpha value is -2.38. The van der Waals surface area contributed by atoms with Crippen molar-refractivity contribution in [2.75, 3.05) is 13.1 Å². The summed E-state index contributed by atoms with van der Waals surface area (Å²) in [6, 6.07) is 11.3. The van der Waals surface area contributed by atoms with Crippen LogP contribution in [0.3, 0.4) is 0 Å². The molecule has 1 N–H and O–H groups in total. The summed E-state index contributed by atoms with van der Waals surface area (Å²) in [6.07, 6.45) is 2.61. The standard InChI is InChI=1S/C20H20N2O3S2/c1-3-15-13(2)11-16(26-15)18(23)21-9-10-22-19(24)17(27-20(22)25)12-14-7-5-4-6-8-14/h4-8,11-12H,3,9-10H2,1-2H3,(H,21,23)/b17-12-. The van der Waals surface area contributed by atoms with Crippen LogP contribution in [0, 0.1) is 6.92 Å². The van der Waals surface area contributed by atoms with Crippen LogP contribution >= 0.6 is 23.1 Å². The maximum atomic E-state index is 12.5. The molecular weight excluding hydrogens is 380 g/mol. The summed E-state index contributed by atoms with van der Waals surface area (Å²) in [4.78, 5) is 40.3. The molecule has 3 amide bonds. The molecule has 1 fully saturated rings. The second kappa shape index (κ2) is 8.54. The fraction of sp³-hybridized carbons (Fsp3) is 0.250. The first-order valence-electron chi connectivity index (χ1n) is 8.67. The molecule has 0 spiro atoms. The van der Waals surface area contributed by atoms with Crippen LogP contribution < -0.4 is 5.32 Å². The van der Waals surface area contributed by atoms with Crippen molar-refractivity contribution in [2.24, 2.45) is 0 Å². The van der Waals surface area contributed by atoms with E-state index in [0.29, 0.717) is 9.78 Å². The average Bonchev–Trinajstić information content (AvgIpc) is 3.17. The number of carbonyl (C=O) groups excluding carboxylic acids is 3. The first-order chi connectivity index (χ1) is 13.0. The monoisotopic (exact) mass is 400 g/mol. The number of hydrogen-bond donors (Lipinski definition) is 1. The first-order valence-corrected chi connectivity index (χ1v) is 10.3. The van der Waals surface area contributed by atoms with Crippen LogP contribution in [0.2, 0.25) is 0 Å². The SMILES string of the molecule is CCc1sc(C(=O)NCCN2C(=O)S/C(=C\c3ccccc3)C2=O)cc1C. The van der Waals surface area contributed by atoms with Gasteiger partial charge in [-0.15, -0.1) is 11.3 Å². The predicted molar refractivity (Wildman–Crippen MR) is 110 cm³/mol. The Morgan fingerprint density at radius 3 is 2.63 bits per heavy atom. The van der Waals surface area contributed by atoms with E-state index < -0.39 is 0 Å². The van der Waals surface area contributed by atoms with E-state index in [9.17, 15) is 14.4 Å². The summed E-state index contributed by atoms with van der Waals surface area (Å²) in [7, 11) is 0. The molecule has 7 heteroatoms. The summed E-state index contributed by atoms with van der Waals surface area (Å²) >= 11 is 2.41. The normalized spacial score (nSPS) is 15.6. The molecule has 1 saturated heterocycles. The van der Waals surface area contributed by atoms with Crippen LogP contribution in [0.4, 0.5) is 4.79 Å². The van der Waals surface area contributed by atoms with Crippen molar-refractivity contribution in [1.82, 2.24) is 10.2 Å². The number of nitrogens with one attached hydrogen (secondary N) is 1. The van der Waals surface area contributed by atoms with Crippen LogP contribution in [-0.2, 0) is 11.2 Å². The minimum Gasteiger partial charge on any atom is -0.350 e. The maximum absolute atomic E-state index is 12.5. The summed E-state index contributed by atoms with van der Waals surface area (Å²) < 4.78 is 0. The van der Waals surface area contributed by atoms with Crippen molar-refractivity contribution in [1.29, 1.82) is 0 Å². The molecule has 0 unspecified atom stereocenters. The number of carbonyl (C=O) groups is 3. The number of imide groups is 1. The average molecular weight is 401 g/mol. The molecule has 0 atom stereocenters. The largest absolute Gasteiger partial charge is 0.350 e. The van der Waals surface area contributed by atoms with Gasteiger partial charge in [-0.2, -0.15) is 0 Å². The van der Waals surface area contributed by atoms with E-state index in [-0.39, 0.29) is 30.1 Å². The maximum Gasteiger partial charge on any atom is 0.293 e. The lowest BCUT2D eigenvalue weighted by atomic mass is 10.2. The minimum atomic E-state index is -0.316. The molecule has 0 aliphatic carbocycles. The fourth-order valence-corrected chi connectivity index (χ4v) is 4.64. The van der Waals surface area contributed by atoms with E-state index in [1.165, 1.54) is 21.1 Å². The van der Waals surface area contributed by atoms with E-state index >= 15 is 0 Å². The molecule has 5 nitrogen and oxygen atoms in total. The van der Waals surface area contributed by atoms with Crippen LogP contribution in [0.5, 0.6) is 0 Å². The highest BCUT2D eigenvalue weighted by Crippen LogP contribution is 2.31. The van der Waals surface area contributed by atoms with Crippen molar-refractivity contribution in [3.63, 3.8) is 0 Å². The number of hydrogen-bond acceptors (Lipinski definition) is 5. The Labute approximate surface area is 166 Å². The third-order valence-corrected chi connectivity index (χ3v) is 6.44. The van der Waals surface area contributed by atoms with Gasteiger partial charge in [-0.1, -0.05) is 37.3 Å². The summed E-state index contributed by atoms with van der Waals surface area (Å²) in [5, 5.41) is 2.48. The second-order valence-electron chi connectivity index (χ2n) is 6.07. The van der Waals surface area contributed by atoms with Gasteiger partial charge < -0.3 is 5.32 Å². The summed E-state index contributed by atoms with van der Waals surface area (Å²) in [6.45, 7) is 4.44. The van der Waals surface area contributed by atoms with Gasteiger partial charge in [0.1, 0.15) is 0 Å². The van der Waals surface area contributed by atoms with Crippen molar-refractivity contribution >= 4 is 46.2 Å². The molecule has 0 bridgehead atoms. The predicted octanol–water partition coefficient (Wildman–Crippen LogP) is 4.09. The Morgan fingerprint density at radius 1 is 1.22 bits per heavy atom. The molecule has 1 aliphatic rings. The van der Waals surface area contributed by atoms with E-state index in [4.69, 9.17) is 0 Å². The highest BCUT2D eigenvalue weighted by atomic mass is 32.2. The van der Waals surface area contributed by atoms with Gasteiger partial charge in [-0.25, -0.2) is 0 Å². The highest BCUT2D eigenvalue weighted by molar-refractivity contribution is 8.18. The molecule has 0 saturated carbocycles. The Morgan fingerprint density at radius 2 is 1.96 bits per heavy atom. The molecule has 1 aromatic heterocycles. The molecule has 140 valence electrons.